The van der Waals surface area contributed by atoms with Crippen LogP contribution in [0.2, 0.25) is 20.1 Å². The first-order chi connectivity index (χ1) is 22.2. The topological polar surface area (TPSA) is 82.1 Å². The molecule has 0 saturated carbocycles. The summed E-state index contributed by atoms with van der Waals surface area (Å²) >= 11 is 25.1. The van der Waals surface area contributed by atoms with Crippen molar-refractivity contribution in [1.29, 1.82) is 0 Å². The van der Waals surface area contributed by atoms with Crippen molar-refractivity contribution in [3.8, 4) is 0 Å². The zero-order valence-electron chi connectivity index (χ0n) is 26.6. The molecule has 0 bridgehead atoms. The summed E-state index contributed by atoms with van der Waals surface area (Å²) in [4.78, 5) is 44.8. The Labute approximate surface area is 293 Å². The Balaban J connectivity index is 1.24. The summed E-state index contributed by atoms with van der Waals surface area (Å²) in [6.45, 7) is 2.26. The minimum Gasteiger partial charge on any atom is -0.277 e. The molecule has 0 radical (unpaired) electrons. The van der Waals surface area contributed by atoms with Crippen LogP contribution in [0.1, 0.15) is 116 Å². The fraction of sp³-hybridized carbons (Fsp3) is 0.543. The first-order valence-electron chi connectivity index (χ1n) is 16.7. The number of carbonyl (C=O) groups excluding carboxylic acids is 3. The highest BCUT2D eigenvalue weighted by Gasteiger charge is 2.39. The SMILES string of the molecule is CCCCCCCCCCCCCCCC[C@@H]1CC(=O)N(c2ccc(Cl)c(N=C3CC(=O)N(c4c(Cl)cc(Cl)cc4Cl)N3)c2)C1=O. The summed E-state index contributed by atoms with van der Waals surface area (Å²) in [7, 11) is 0. The van der Waals surface area contributed by atoms with Crippen LogP contribution in [0.15, 0.2) is 35.3 Å². The second-order valence-corrected chi connectivity index (χ2v) is 13.9. The van der Waals surface area contributed by atoms with Crippen LogP contribution in [0.4, 0.5) is 17.1 Å². The first kappa shape index (κ1) is 36.5. The molecule has 2 fully saturated rings. The van der Waals surface area contributed by atoms with Gasteiger partial charge in [0.2, 0.25) is 11.8 Å². The van der Waals surface area contributed by atoms with Crippen LogP contribution < -0.4 is 15.3 Å². The third-order valence-corrected chi connectivity index (χ3v) is 9.72. The average molecular weight is 711 g/mol. The monoisotopic (exact) mass is 708 g/mol. The number of halogens is 4. The Morgan fingerprint density at radius 3 is 1.89 bits per heavy atom. The highest BCUT2D eigenvalue weighted by molar-refractivity contribution is 6.42. The fourth-order valence-corrected chi connectivity index (χ4v) is 7.24. The van der Waals surface area contributed by atoms with Gasteiger partial charge in [-0.3, -0.25) is 24.7 Å². The fourth-order valence-electron chi connectivity index (χ4n) is 6.09. The molecule has 3 amide bonds. The van der Waals surface area contributed by atoms with E-state index in [2.05, 4.69) is 17.3 Å². The number of amides is 3. The van der Waals surface area contributed by atoms with Gasteiger partial charge >= 0.3 is 0 Å². The molecule has 4 rings (SSSR count). The molecule has 2 aromatic carbocycles. The summed E-state index contributed by atoms with van der Waals surface area (Å²) < 4.78 is 0. The van der Waals surface area contributed by atoms with Gasteiger partial charge in [0, 0.05) is 17.4 Å². The van der Waals surface area contributed by atoms with E-state index in [9.17, 15) is 14.4 Å². The molecular formula is C35H44Cl4N4O3. The minimum absolute atomic E-state index is 0.0569. The molecule has 2 aliphatic heterocycles. The van der Waals surface area contributed by atoms with Crippen LogP contribution in [0.25, 0.3) is 0 Å². The van der Waals surface area contributed by atoms with Gasteiger partial charge in [0.05, 0.1) is 32.9 Å². The van der Waals surface area contributed by atoms with Gasteiger partial charge in [-0.25, -0.2) is 10.0 Å². The van der Waals surface area contributed by atoms with Crippen molar-refractivity contribution in [2.45, 2.75) is 116 Å². The number of nitrogens with zero attached hydrogens (tertiary/aromatic N) is 3. The molecule has 0 aliphatic carbocycles. The summed E-state index contributed by atoms with van der Waals surface area (Å²) in [6, 6.07) is 7.82. The average Bonchev–Trinajstić information content (AvgIpc) is 3.50. The van der Waals surface area contributed by atoms with Gasteiger partial charge in [0.15, 0.2) is 0 Å². The predicted octanol–water partition coefficient (Wildman–Crippen LogP) is 11.0. The number of rotatable bonds is 18. The third-order valence-electron chi connectivity index (χ3n) is 8.60. The minimum atomic E-state index is -0.326. The highest BCUT2D eigenvalue weighted by atomic mass is 35.5. The van der Waals surface area contributed by atoms with E-state index >= 15 is 0 Å². The number of unbranched alkanes of at least 4 members (excludes halogenated alkanes) is 13. The van der Waals surface area contributed by atoms with Gasteiger partial charge in [-0.2, -0.15) is 0 Å². The molecule has 0 spiro atoms. The van der Waals surface area contributed by atoms with Gasteiger partial charge in [0.1, 0.15) is 11.5 Å². The normalized spacial score (nSPS) is 17.5. The molecule has 1 N–H and O–H groups in total. The van der Waals surface area contributed by atoms with E-state index in [-0.39, 0.29) is 52.2 Å². The third kappa shape index (κ3) is 10.1. The van der Waals surface area contributed by atoms with E-state index in [1.165, 1.54) is 99.1 Å². The number of benzene rings is 2. The van der Waals surface area contributed by atoms with Crippen LogP contribution in [0.5, 0.6) is 0 Å². The van der Waals surface area contributed by atoms with Crippen LogP contribution in [-0.2, 0) is 14.4 Å². The van der Waals surface area contributed by atoms with Crippen molar-refractivity contribution >= 4 is 87.0 Å². The Morgan fingerprint density at radius 1 is 0.739 bits per heavy atom. The van der Waals surface area contributed by atoms with Crippen molar-refractivity contribution in [1.82, 2.24) is 5.43 Å². The molecule has 1 atom stereocenters. The van der Waals surface area contributed by atoms with Crippen LogP contribution in [-0.4, -0.2) is 23.6 Å². The largest absolute Gasteiger partial charge is 0.277 e. The van der Waals surface area contributed by atoms with Crippen molar-refractivity contribution in [2.24, 2.45) is 10.9 Å². The van der Waals surface area contributed by atoms with Gasteiger partial charge in [-0.15, -0.1) is 0 Å². The molecule has 7 nitrogen and oxygen atoms in total. The Hall–Kier alpha value is -2.32. The summed E-state index contributed by atoms with van der Waals surface area (Å²) in [6.07, 6.45) is 18.7. The lowest BCUT2D eigenvalue weighted by atomic mass is 9.98. The molecule has 2 heterocycles. The summed E-state index contributed by atoms with van der Waals surface area (Å²) in [5.41, 5.74) is 3.92. The Kier molecular flexibility index (Phi) is 14.5. The van der Waals surface area contributed by atoms with E-state index in [4.69, 9.17) is 46.4 Å². The van der Waals surface area contributed by atoms with Gasteiger partial charge in [-0.1, -0.05) is 143 Å². The number of hydrogen-bond acceptors (Lipinski definition) is 4. The molecule has 11 heteroatoms. The zero-order chi connectivity index (χ0) is 33.1. The van der Waals surface area contributed by atoms with Crippen molar-refractivity contribution in [3.63, 3.8) is 0 Å². The maximum atomic E-state index is 13.3. The lowest BCUT2D eigenvalue weighted by molar-refractivity contribution is -0.122. The second kappa shape index (κ2) is 18.3. The van der Waals surface area contributed by atoms with E-state index in [1.807, 2.05) is 0 Å². The van der Waals surface area contributed by atoms with Crippen molar-refractivity contribution in [2.75, 3.05) is 9.91 Å². The first-order valence-corrected chi connectivity index (χ1v) is 18.2. The number of nitrogens with one attached hydrogen (secondary N) is 1. The number of anilines is 2. The lowest BCUT2D eigenvalue weighted by Crippen LogP contribution is -2.36. The van der Waals surface area contributed by atoms with Gasteiger partial charge in [0.25, 0.3) is 5.91 Å². The second-order valence-electron chi connectivity index (χ2n) is 12.3. The zero-order valence-corrected chi connectivity index (χ0v) is 29.6. The van der Waals surface area contributed by atoms with Crippen molar-refractivity contribution in [3.05, 3.63) is 50.4 Å². The molecule has 250 valence electrons. The van der Waals surface area contributed by atoms with Crippen LogP contribution >= 0.6 is 46.4 Å². The van der Waals surface area contributed by atoms with E-state index < -0.39 is 0 Å². The number of aliphatic imine (C=N–C) groups is 1. The number of carbonyl (C=O) groups is 3. The van der Waals surface area contributed by atoms with E-state index in [1.54, 1.807) is 18.2 Å². The number of hydrogen-bond donors (Lipinski definition) is 1. The maximum absolute atomic E-state index is 13.3. The molecule has 2 aliphatic rings. The summed E-state index contributed by atoms with van der Waals surface area (Å²) in [5, 5.41) is 2.27. The van der Waals surface area contributed by atoms with Crippen molar-refractivity contribution < 1.29 is 14.4 Å². The number of amidine groups is 1. The number of imide groups is 1. The predicted molar refractivity (Wildman–Crippen MR) is 191 cm³/mol. The smallest absolute Gasteiger partial charge is 0.253 e. The lowest BCUT2D eigenvalue weighted by Gasteiger charge is -2.19. The molecule has 2 aromatic rings. The molecule has 0 aromatic heterocycles. The van der Waals surface area contributed by atoms with Gasteiger partial charge < -0.3 is 0 Å². The Bertz CT molecular complexity index is 1390. The maximum Gasteiger partial charge on any atom is 0.253 e. The van der Waals surface area contributed by atoms with Crippen LogP contribution in [0.3, 0.4) is 0 Å². The highest BCUT2D eigenvalue weighted by Crippen LogP contribution is 2.38. The molecule has 2 saturated heterocycles. The molecule has 46 heavy (non-hydrogen) atoms. The molecule has 0 unspecified atom stereocenters. The number of hydrazine groups is 1. The Morgan fingerprint density at radius 2 is 1.30 bits per heavy atom. The van der Waals surface area contributed by atoms with E-state index in [0.717, 1.165) is 12.8 Å². The van der Waals surface area contributed by atoms with Gasteiger partial charge in [-0.05, 0) is 36.8 Å². The van der Waals surface area contributed by atoms with Crippen LogP contribution in [0, 0.1) is 5.92 Å². The summed E-state index contributed by atoms with van der Waals surface area (Å²) in [5.74, 6) is -0.747. The molecular weight excluding hydrogens is 666 g/mol. The quantitative estimate of drug-likeness (QED) is 0.123. The standard InChI is InChI=1S/C35H44Cl4N4O3/c1-2-3-4-5-6-7-8-9-10-11-12-13-14-15-16-24-19-32(44)42(35(24)46)26-17-18-27(37)30(22-26)40-31-23-33(45)43(41-31)34-28(38)20-25(36)21-29(34)39/h17-18,20-22,24H,2-16,19,23H2,1H3,(H,40,41)/t24-/m1/s1. The van der Waals surface area contributed by atoms with E-state index in [0.29, 0.717) is 33.7 Å².